The quantitative estimate of drug-likeness (QED) is 0.790. The third-order valence-electron chi connectivity index (χ3n) is 4.13. The Balaban J connectivity index is 1.52. The van der Waals surface area contributed by atoms with Gasteiger partial charge in [-0.25, -0.2) is 9.97 Å². The molecule has 128 valence electrons. The summed E-state index contributed by atoms with van der Waals surface area (Å²) < 4.78 is 1.81. The number of likely N-dealkylation sites (N-methyl/N-ethyl adjacent to an activating group) is 1. The number of nitrogens with zero attached hydrogens (tertiary/aromatic N) is 5. The van der Waals surface area contributed by atoms with Crippen molar-refractivity contribution in [1.29, 1.82) is 0 Å². The molecule has 3 rings (SSSR count). The summed E-state index contributed by atoms with van der Waals surface area (Å²) in [4.78, 5) is 36.6. The number of carbonyl (C=O) groups is 2. The molecule has 0 saturated carbocycles. The van der Waals surface area contributed by atoms with Crippen LogP contribution in [0.1, 0.15) is 12.1 Å². The second-order valence-corrected chi connectivity index (χ2v) is 6.32. The Bertz CT molecular complexity index is 708. The molecule has 8 nitrogen and oxygen atoms in total. The van der Waals surface area contributed by atoms with E-state index in [-0.39, 0.29) is 24.2 Å². The number of likely N-dealkylation sites (tertiary alicyclic amines) is 1. The first-order valence-corrected chi connectivity index (χ1v) is 8.02. The number of rotatable bonds is 6. The molecular formula is C16H22N6O2. The Kier molecular flexibility index (Phi) is 4.75. The van der Waals surface area contributed by atoms with Crippen LogP contribution < -0.4 is 5.32 Å². The first-order valence-electron chi connectivity index (χ1n) is 8.02. The Morgan fingerprint density at radius 3 is 3.04 bits per heavy atom. The minimum absolute atomic E-state index is 0.0499. The lowest BCUT2D eigenvalue weighted by atomic mass is 10.1. The summed E-state index contributed by atoms with van der Waals surface area (Å²) in [6, 6.07) is 1.82. The maximum Gasteiger partial charge on any atom is 0.233 e. The van der Waals surface area contributed by atoms with E-state index in [4.69, 9.17) is 0 Å². The fourth-order valence-electron chi connectivity index (χ4n) is 2.77. The average molecular weight is 330 g/mol. The van der Waals surface area contributed by atoms with E-state index >= 15 is 0 Å². The van der Waals surface area contributed by atoms with Gasteiger partial charge in [-0.3, -0.25) is 14.0 Å². The van der Waals surface area contributed by atoms with Gasteiger partial charge in [0.05, 0.1) is 18.2 Å². The van der Waals surface area contributed by atoms with Crippen LogP contribution in [0.5, 0.6) is 0 Å². The molecule has 0 spiro atoms. The highest BCUT2D eigenvalue weighted by Gasteiger charge is 2.33. The lowest BCUT2D eigenvalue weighted by molar-refractivity contribution is -0.129. The lowest BCUT2D eigenvalue weighted by Gasteiger charge is -2.19. The molecule has 0 unspecified atom stereocenters. The lowest BCUT2D eigenvalue weighted by Crippen LogP contribution is -2.35. The molecule has 2 amide bonds. The van der Waals surface area contributed by atoms with Crippen LogP contribution in [-0.4, -0.2) is 69.7 Å². The number of hydrogen-bond donors (Lipinski definition) is 1. The normalized spacial score (nSPS) is 17.9. The number of carbonyl (C=O) groups excluding carboxylic acids is 2. The SMILES string of the molecule is CN(C)CCN1C[C@@H](C(=O)NCc2cn3cccnc3n2)CC1=O. The van der Waals surface area contributed by atoms with E-state index in [0.29, 0.717) is 25.4 Å². The van der Waals surface area contributed by atoms with Crippen LogP contribution in [0.25, 0.3) is 5.78 Å². The van der Waals surface area contributed by atoms with Crippen LogP contribution in [0, 0.1) is 5.92 Å². The van der Waals surface area contributed by atoms with Gasteiger partial charge in [0, 0.05) is 44.6 Å². The van der Waals surface area contributed by atoms with Crippen LogP contribution in [0.4, 0.5) is 0 Å². The summed E-state index contributed by atoms with van der Waals surface area (Å²) in [5.74, 6) is 0.275. The fourth-order valence-corrected chi connectivity index (χ4v) is 2.77. The van der Waals surface area contributed by atoms with Crippen molar-refractivity contribution >= 4 is 17.6 Å². The van der Waals surface area contributed by atoms with Crippen LogP contribution in [0.3, 0.4) is 0 Å². The third kappa shape index (κ3) is 3.70. The summed E-state index contributed by atoms with van der Waals surface area (Å²) in [6.07, 6.45) is 5.66. The van der Waals surface area contributed by atoms with Crippen LogP contribution in [0.15, 0.2) is 24.7 Å². The van der Waals surface area contributed by atoms with Gasteiger partial charge >= 0.3 is 0 Å². The molecule has 1 atom stereocenters. The predicted molar refractivity (Wildman–Crippen MR) is 88.1 cm³/mol. The van der Waals surface area contributed by atoms with Crippen LogP contribution in [-0.2, 0) is 16.1 Å². The summed E-state index contributed by atoms with van der Waals surface area (Å²) in [5, 5.41) is 2.88. The molecule has 1 fully saturated rings. The van der Waals surface area contributed by atoms with Crippen LogP contribution in [0.2, 0.25) is 0 Å². The molecule has 0 aromatic carbocycles. The van der Waals surface area contributed by atoms with Gasteiger partial charge < -0.3 is 15.1 Å². The van der Waals surface area contributed by atoms with E-state index < -0.39 is 0 Å². The van der Waals surface area contributed by atoms with Gasteiger partial charge in [-0.1, -0.05) is 0 Å². The zero-order chi connectivity index (χ0) is 17.1. The molecule has 24 heavy (non-hydrogen) atoms. The maximum absolute atomic E-state index is 12.3. The number of hydrogen-bond acceptors (Lipinski definition) is 5. The fraction of sp³-hybridized carbons (Fsp3) is 0.500. The molecule has 0 bridgehead atoms. The number of nitrogens with one attached hydrogen (secondary N) is 1. The Hall–Kier alpha value is -2.48. The Morgan fingerprint density at radius 2 is 2.29 bits per heavy atom. The monoisotopic (exact) mass is 330 g/mol. The third-order valence-corrected chi connectivity index (χ3v) is 4.13. The average Bonchev–Trinajstić information content (AvgIpc) is 3.13. The number of aromatic nitrogens is 3. The zero-order valence-corrected chi connectivity index (χ0v) is 14.0. The Morgan fingerprint density at radius 1 is 1.46 bits per heavy atom. The number of imidazole rings is 1. The van der Waals surface area contributed by atoms with E-state index in [2.05, 4.69) is 15.3 Å². The molecule has 2 aromatic rings. The van der Waals surface area contributed by atoms with Gasteiger partial charge in [0.15, 0.2) is 0 Å². The van der Waals surface area contributed by atoms with Crippen molar-refractivity contribution in [2.75, 3.05) is 33.7 Å². The van der Waals surface area contributed by atoms with Gasteiger partial charge in [0.2, 0.25) is 17.6 Å². The van der Waals surface area contributed by atoms with Crippen LogP contribution >= 0.6 is 0 Å². The van der Waals surface area contributed by atoms with Crippen molar-refractivity contribution in [2.24, 2.45) is 5.92 Å². The molecule has 2 aromatic heterocycles. The second-order valence-electron chi connectivity index (χ2n) is 6.32. The van der Waals surface area contributed by atoms with Gasteiger partial charge in [0.1, 0.15) is 0 Å². The molecule has 1 aliphatic rings. The van der Waals surface area contributed by atoms with Crippen molar-refractivity contribution in [2.45, 2.75) is 13.0 Å². The number of amides is 2. The molecule has 0 aliphatic carbocycles. The van der Waals surface area contributed by atoms with Gasteiger partial charge in [-0.2, -0.15) is 0 Å². The predicted octanol–water partition coefficient (Wildman–Crippen LogP) is -0.244. The van der Waals surface area contributed by atoms with Crippen molar-refractivity contribution in [1.82, 2.24) is 29.5 Å². The van der Waals surface area contributed by atoms with E-state index in [9.17, 15) is 9.59 Å². The summed E-state index contributed by atoms with van der Waals surface area (Å²) in [6.45, 7) is 2.29. The highest BCUT2D eigenvalue weighted by Crippen LogP contribution is 2.17. The van der Waals surface area contributed by atoms with Crippen molar-refractivity contribution < 1.29 is 9.59 Å². The molecule has 3 heterocycles. The standard InChI is InChI=1S/C16H22N6O2/c1-20(2)6-7-21-10-12(8-14(21)23)15(24)18-9-13-11-22-5-3-4-17-16(22)19-13/h3-5,11-12H,6-10H2,1-2H3,(H,18,24)/t12-/m0/s1. The van der Waals surface area contributed by atoms with Crippen molar-refractivity contribution in [3.05, 3.63) is 30.4 Å². The van der Waals surface area contributed by atoms with Crippen molar-refractivity contribution in [3.63, 3.8) is 0 Å². The molecular weight excluding hydrogens is 308 g/mol. The molecule has 1 aliphatic heterocycles. The van der Waals surface area contributed by atoms with Gasteiger partial charge in [-0.15, -0.1) is 0 Å². The first kappa shape index (κ1) is 16.4. The largest absolute Gasteiger partial charge is 0.350 e. The topological polar surface area (TPSA) is 82.8 Å². The first-order chi connectivity index (χ1) is 11.5. The molecule has 1 saturated heterocycles. The maximum atomic E-state index is 12.3. The summed E-state index contributed by atoms with van der Waals surface area (Å²) >= 11 is 0. The summed E-state index contributed by atoms with van der Waals surface area (Å²) in [7, 11) is 3.93. The Labute approximate surface area is 140 Å². The van der Waals surface area contributed by atoms with E-state index in [1.165, 1.54) is 0 Å². The smallest absolute Gasteiger partial charge is 0.233 e. The molecule has 1 N–H and O–H groups in total. The minimum Gasteiger partial charge on any atom is -0.350 e. The van der Waals surface area contributed by atoms with Crippen molar-refractivity contribution in [3.8, 4) is 0 Å². The van der Waals surface area contributed by atoms with E-state index in [0.717, 1.165) is 12.2 Å². The zero-order valence-electron chi connectivity index (χ0n) is 14.0. The molecule has 0 radical (unpaired) electrons. The van der Waals surface area contributed by atoms with E-state index in [1.807, 2.05) is 41.9 Å². The highest BCUT2D eigenvalue weighted by atomic mass is 16.2. The number of fused-ring (bicyclic) bond motifs is 1. The minimum atomic E-state index is -0.283. The molecule has 8 heteroatoms. The highest BCUT2D eigenvalue weighted by molar-refractivity contribution is 5.89. The van der Waals surface area contributed by atoms with E-state index in [1.54, 1.807) is 11.1 Å². The van der Waals surface area contributed by atoms with Gasteiger partial charge in [-0.05, 0) is 20.2 Å². The summed E-state index contributed by atoms with van der Waals surface area (Å²) in [5.41, 5.74) is 0.746. The van der Waals surface area contributed by atoms with Gasteiger partial charge in [0.25, 0.3) is 0 Å². The second kappa shape index (κ2) is 6.96.